The number of amides is 2. The van der Waals surface area contributed by atoms with Crippen molar-refractivity contribution in [3.8, 4) is 5.75 Å². The molecule has 1 aromatic rings. The minimum atomic E-state index is -3.68. The summed E-state index contributed by atoms with van der Waals surface area (Å²) in [6.07, 6.45) is 3.50. The van der Waals surface area contributed by atoms with Gasteiger partial charge < -0.3 is 9.50 Å². The van der Waals surface area contributed by atoms with E-state index in [4.69, 9.17) is 4.18 Å². The predicted octanol–water partition coefficient (Wildman–Crippen LogP) is 1.01. The topological polar surface area (TPSA) is 102 Å². The summed E-state index contributed by atoms with van der Waals surface area (Å²) < 4.78 is 28.6. The average Bonchev–Trinajstić information content (AvgIpc) is 2.54. The van der Waals surface area contributed by atoms with Gasteiger partial charge in [0, 0.05) is 6.42 Å². The Labute approximate surface area is 147 Å². The smallest absolute Gasteiger partial charge is 0.306 e. The molecule has 2 fully saturated rings. The van der Waals surface area contributed by atoms with Crippen molar-refractivity contribution in [3.05, 3.63) is 29.3 Å². The number of piperidine rings is 2. The maximum Gasteiger partial charge on any atom is 0.306 e. The van der Waals surface area contributed by atoms with Crippen LogP contribution in [-0.4, -0.2) is 39.6 Å². The molecule has 2 N–H and O–H groups in total. The molecule has 2 saturated heterocycles. The molecular formula is C17H22N2O5S. The first-order valence-corrected chi connectivity index (χ1v) is 10.2. The van der Waals surface area contributed by atoms with Gasteiger partial charge >= 0.3 is 10.1 Å². The molecule has 0 aliphatic carbocycles. The van der Waals surface area contributed by atoms with Crippen molar-refractivity contribution in [3.63, 3.8) is 0 Å². The van der Waals surface area contributed by atoms with Gasteiger partial charge in [0.1, 0.15) is 5.75 Å². The van der Waals surface area contributed by atoms with Crippen LogP contribution in [-0.2, 0) is 19.7 Å². The van der Waals surface area contributed by atoms with Crippen molar-refractivity contribution >= 4 is 21.9 Å². The molecule has 136 valence electrons. The molecule has 2 heterocycles. The van der Waals surface area contributed by atoms with Gasteiger partial charge in [0.05, 0.1) is 12.2 Å². The van der Waals surface area contributed by atoms with E-state index in [0.29, 0.717) is 12.0 Å². The summed E-state index contributed by atoms with van der Waals surface area (Å²) in [5.41, 5.74) is 1.52. The summed E-state index contributed by atoms with van der Waals surface area (Å²) in [6, 6.07) is 5.33. The minimum Gasteiger partial charge on any atom is -0.382 e. The van der Waals surface area contributed by atoms with E-state index in [1.54, 1.807) is 6.07 Å². The van der Waals surface area contributed by atoms with E-state index in [-0.39, 0.29) is 29.9 Å². The van der Waals surface area contributed by atoms with Gasteiger partial charge in [-0.1, -0.05) is 12.1 Å². The van der Waals surface area contributed by atoms with Gasteiger partial charge in [-0.3, -0.25) is 14.9 Å². The van der Waals surface area contributed by atoms with Crippen molar-refractivity contribution in [1.29, 1.82) is 0 Å². The molecular weight excluding hydrogens is 344 g/mol. The summed E-state index contributed by atoms with van der Waals surface area (Å²) in [5, 5.41) is 5.61. The van der Waals surface area contributed by atoms with Crippen LogP contribution in [0.3, 0.4) is 0 Å². The molecule has 0 radical (unpaired) electrons. The largest absolute Gasteiger partial charge is 0.382 e. The zero-order chi connectivity index (χ0) is 18.0. The summed E-state index contributed by atoms with van der Waals surface area (Å²) in [7, 11) is -3.68. The van der Waals surface area contributed by atoms with Gasteiger partial charge in [-0.15, -0.1) is 0 Å². The molecule has 3 rings (SSSR count). The first-order valence-electron chi connectivity index (χ1n) is 8.41. The summed E-state index contributed by atoms with van der Waals surface area (Å²) in [4.78, 5) is 23.4. The van der Waals surface area contributed by atoms with E-state index < -0.39 is 16.0 Å². The molecule has 2 aliphatic heterocycles. The third-order valence-electron chi connectivity index (χ3n) is 4.70. The Bertz CT molecular complexity index is 784. The van der Waals surface area contributed by atoms with Gasteiger partial charge in [-0.25, -0.2) is 0 Å². The molecule has 0 aromatic heterocycles. The average molecular weight is 366 g/mol. The number of carbonyl (C=O) groups excluding carboxylic acids is 2. The highest BCUT2D eigenvalue weighted by atomic mass is 32.2. The third-order valence-corrected chi connectivity index (χ3v) is 5.18. The number of hydrogen-bond donors (Lipinski definition) is 2. The Kier molecular flexibility index (Phi) is 5.10. The lowest BCUT2D eigenvalue weighted by molar-refractivity contribution is -0.134. The molecule has 1 aromatic carbocycles. The highest BCUT2D eigenvalue weighted by molar-refractivity contribution is 7.86. The zero-order valence-electron chi connectivity index (χ0n) is 14.1. The first kappa shape index (κ1) is 17.9. The summed E-state index contributed by atoms with van der Waals surface area (Å²) >= 11 is 0. The van der Waals surface area contributed by atoms with Crippen LogP contribution in [0, 0.1) is 0 Å². The predicted molar refractivity (Wildman–Crippen MR) is 91.9 cm³/mol. The number of carbonyl (C=O) groups is 2. The Balaban J connectivity index is 1.94. The Morgan fingerprint density at radius 3 is 2.48 bits per heavy atom. The number of hydrogen-bond acceptors (Lipinski definition) is 6. The maximum atomic E-state index is 12.1. The highest BCUT2D eigenvalue weighted by Crippen LogP contribution is 2.36. The second kappa shape index (κ2) is 7.13. The van der Waals surface area contributed by atoms with Crippen LogP contribution in [0.1, 0.15) is 48.6 Å². The Morgan fingerprint density at radius 1 is 1.12 bits per heavy atom. The maximum absolute atomic E-state index is 12.1. The van der Waals surface area contributed by atoms with E-state index >= 15 is 0 Å². The zero-order valence-corrected chi connectivity index (χ0v) is 14.9. The lowest BCUT2D eigenvalue weighted by Crippen LogP contribution is -2.39. The second-order valence-corrected chi connectivity index (χ2v) is 8.19. The van der Waals surface area contributed by atoms with Crippen molar-refractivity contribution in [1.82, 2.24) is 10.6 Å². The number of rotatable bonds is 4. The van der Waals surface area contributed by atoms with Crippen molar-refractivity contribution in [2.45, 2.75) is 37.5 Å². The fraction of sp³-hybridized carbons (Fsp3) is 0.529. The van der Waals surface area contributed by atoms with Gasteiger partial charge in [0.15, 0.2) is 0 Å². The van der Waals surface area contributed by atoms with Gasteiger partial charge in [-0.05, 0) is 55.5 Å². The van der Waals surface area contributed by atoms with Crippen LogP contribution >= 0.6 is 0 Å². The quantitative estimate of drug-likeness (QED) is 0.609. The number of nitrogens with one attached hydrogen (secondary N) is 2. The molecule has 1 atom stereocenters. The van der Waals surface area contributed by atoms with Crippen molar-refractivity contribution < 1.29 is 22.2 Å². The molecule has 8 heteroatoms. The van der Waals surface area contributed by atoms with E-state index in [1.165, 1.54) is 0 Å². The van der Waals surface area contributed by atoms with Crippen LogP contribution < -0.4 is 14.8 Å². The monoisotopic (exact) mass is 366 g/mol. The number of benzene rings is 1. The molecule has 7 nitrogen and oxygen atoms in total. The van der Waals surface area contributed by atoms with E-state index in [9.17, 15) is 18.0 Å². The third kappa shape index (κ3) is 4.38. The molecule has 0 bridgehead atoms. The Morgan fingerprint density at radius 2 is 1.84 bits per heavy atom. The van der Waals surface area contributed by atoms with Crippen molar-refractivity contribution in [2.24, 2.45) is 0 Å². The summed E-state index contributed by atoms with van der Waals surface area (Å²) in [6.45, 7) is 1.75. The van der Waals surface area contributed by atoms with Crippen LogP contribution in [0.4, 0.5) is 0 Å². The number of imide groups is 1. The lowest BCUT2D eigenvalue weighted by atomic mass is 9.85. The SMILES string of the molecule is CS(=O)(=O)Oc1cc(C2CCC(=O)NC2=O)ccc1C1CCNCC1. The molecule has 1 unspecified atom stereocenters. The van der Waals surface area contributed by atoms with Crippen molar-refractivity contribution in [2.75, 3.05) is 19.3 Å². The fourth-order valence-electron chi connectivity index (χ4n) is 3.48. The normalized spacial score (nSPS) is 22.5. The van der Waals surface area contributed by atoms with Crippen LogP contribution in [0.25, 0.3) is 0 Å². The van der Waals surface area contributed by atoms with Gasteiger partial charge in [0.2, 0.25) is 11.8 Å². The Hall–Kier alpha value is -1.93. The summed E-state index contributed by atoms with van der Waals surface area (Å²) in [5.74, 6) is -0.594. The van der Waals surface area contributed by atoms with Gasteiger partial charge in [-0.2, -0.15) is 8.42 Å². The molecule has 2 amide bonds. The van der Waals surface area contributed by atoms with E-state index in [0.717, 1.165) is 37.8 Å². The lowest BCUT2D eigenvalue weighted by Gasteiger charge is -2.26. The molecule has 2 aliphatic rings. The first-order chi connectivity index (χ1) is 11.8. The van der Waals surface area contributed by atoms with E-state index in [1.807, 2.05) is 12.1 Å². The van der Waals surface area contributed by atoms with Crippen LogP contribution in [0.15, 0.2) is 18.2 Å². The molecule has 0 spiro atoms. The van der Waals surface area contributed by atoms with Gasteiger partial charge in [0.25, 0.3) is 0 Å². The second-order valence-electron chi connectivity index (χ2n) is 6.61. The van der Waals surface area contributed by atoms with Crippen LogP contribution in [0.2, 0.25) is 0 Å². The molecule has 0 saturated carbocycles. The molecule has 25 heavy (non-hydrogen) atoms. The van der Waals surface area contributed by atoms with Crippen LogP contribution in [0.5, 0.6) is 5.75 Å². The minimum absolute atomic E-state index is 0.216. The van der Waals surface area contributed by atoms with E-state index in [2.05, 4.69) is 10.6 Å². The fourth-order valence-corrected chi connectivity index (χ4v) is 3.96. The standard InChI is InChI=1S/C17H22N2O5S/c1-25(22,23)24-15-10-12(14-4-5-16(20)19-17(14)21)2-3-13(15)11-6-8-18-9-7-11/h2-3,10-11,14,18H,4-9H2,1H3,(H,19,20,21). The highest BCUT2D eigenvalue weighted by Gasteiger charge is 2.29.